The Morgan fingerprint density at radius 2 is 0.783 bits per heavy atom. The van der Waals surface area contributed by atoms with E-state index in [1.807, 2.05) is 0 Å². The van der Waals surface area contributed by atoms with Crippen LogP contribution in [0.4, 0.5) is 0 Å². The van der Waals surface area contributed by atoms with Crippen LogP contribution in [-0.2, 0) is 19.2 Å². The van der Waals surface area contributed by atoms with Gasteiger partial charge in [-0.1, -0.05) is 0 Å². The number of aliphatic carboxylic acids is 4. The van der Waals surface area contributed by atoms with Gasteiger partial charge in [0.15, 0.2) is 0 Å². The number of carbonyl (C=O) groups is 4. The molecule has 0 atom stereocenters. The SMILES string of the molecule is O.O=C(O)CN(CCN(CC(=O)O)CC(=O)O)CC(=O)O.[H-].[H-].[K+].[K+]. The zero-order valence-corrected chi connectivity index (χ0v) is 19.3. The third-order valence-corrected chi connectivity index (χ3v) is 2.17. The van der Waals surface area contributed by atoms with Gasteiger partial charge in [0.05, 0.1) is 26.2 Å². The van der Waals surface area contributed by atoms with E-state index in [-0.39, 0.29) is 124 Å². The number of carboxylic acid groups (broad SMARTS) is 4. The maximum absolute atomic E-state index is 10.6. The van der Waals surface area contributed by atoms with Crippen LogP contribution in [0.15, 0.2) is 0 Å². The van der Waals surface area contributed by atoms with Gasteiger partial charge in [-0.3, -0.25) is 29.0 Å². The summed E-state index contributed by atoms with van der Waals surface area (Å²) in [6, 6.07) is 0. The van der Waals surface area contributed by atoms with Gasteiger partial charge in [0.2, 0.25) is 0 Å². The van der Waals surface area contributed by atoms with Gasteiger partial charge in [0.1, 0.15) is 0 Å². The second-order valence-corrected chi connectivity index (χ2v) is 4.00. The van der Waals surface area contributed by atoms with Crippen LogP contribution in [0.25, 0.3) is 0 Å². The molecule has 0 radical (unpaired) electrons. The summed E-state index contributed by atoms with van der Waals surface area (Å²) >= 11 is 0. The van der Waals surface area contributed by atoms with Crippen LogP contribution in [0.2, 0.25) is 0 Å². The fourth-order valence-electron chi connectivity index (χ4n) is 1.48. The smallest absolute Gasteiger partial charge is 1.00 e. The van der Waals surface area contributed by atoms with Crippen LogP contribution in [0.1, 0.15) is 2.85 Å². The molecule has 11 nitrogen and oxygen atoms in total. The van der Waals surface area contributed by atoms with Crippen LogP contribution < -0.4 is 103 Å². The standard InChI is InChI=1S/C10H16N2O8.2K.H2O.2H/c13-7(14)3-11(4-8(15)16)1-2-12(5-9(17)18)6-10(19)20;;;;;/h1-6H2,(H,13,14)(H,15,16)(H,17,18)(H,19,20);;;1H2;;/q;2*+1;;2*-1. The van der Waals surface area contributed by atoms with E-state index < -0.39 is 50.1 Å². The molecule has 0 fully saturated rings. The Balaban J connectivity index is -0.000000180. The summed E-state index contributed by atoms with van der Waals surface area (Å²) in [5.41, 5.74) is 0. The van der Waals surface area contributed by atoms with Crippen LogP contribution >= 0.6 is 0 Å². The average Bonchev–Trinajstić information content (AvgIpc) is 2.22. The molecule has 6 N–H and O–H groups in total. The van der Waals surface area contributed by atoms with Crippen molar-refractivity contribution < 1.29 is 151 Å². The molecule has 0 aromatic carbocycles. The molecule has 0 heterocycles. The minimum Gasteiger partial charge on any atom is -1.00 e. The quantitative estimate of drug-likeness (QED) is 0.247. The van der Waals surface area contributed by atoms with Gasteiger partial charge < -0.3 is 28.8 Å². The Kier molecular flexibility index (Phi) is 24.6. The number of rotatable bonds is 11. The normalized spacial score (nSPS) is 9.30. The average molecular weight is 390 g/mol. The molecule has 0 aliphatic rings. The zero-order valence-electron chi connectivity index (χ0n) is 15.1. The Morgan fingerprint density at radius 1 is 0.609 bits per heavy atom. The Labute approximate surface area is 220 Å². The van der Waals surface area contributed by atoms with Crippen molar-refractivity contribution in [3.8, 4) is 0 Å². The molecule has 0 unspecified atom stereocenters. The molecule has 0 bridgehead atoms. The molecule has 0 saturated heterocycles. The van der Waals surface area contributed by atoms with E-state index in [1.165, 1.54) is 0 Å². The molecular formula is C10H20K2N2O9. The van der Waals surface area contributed by atoms with Crippen molar-refractivity contribution in [3.05, 3.63) is 0 Å². The summed E-state index contributed by atoms with van der Waals surface area (Å²) in [5, 5.41) is 34.5. The van der Waals surface area contributed by atoms with E-state index in [0.29, 0.717) is 0 Å². The van der Waals surface area contributed by atoms with Crippen molar-refractivity contribution in [1.82, 2.24) is 9.80 Å². The molecule has 0 aromatic rings. The van der Waals surface area contributed by atoms with Crippen LogP contribution in [-0.4, -0.2) is 98.8 Å². The predicted molar refractivity (Wildman–Crippen MR) is 69.3 cm³/mol. The minimum absolute atomic E-state index is 0. The van der Waals surface area contributed by atoms with Gasteiger partial charge in [-0.2, -0.15) is 0 Å². The first-order chi connectivity index (χ1) is 9.20. The summed E-state index contributed by atoms with van der Waals surface area (Å²) in [5.74, 6) is -4.91. The van der Waals surface area contributed by atoms with Gasteiger partial charge in [-0.25, -0.2) is 0 Å². The van der Waals surface area contributed by atoms with Gasteiger partial charge in [0, 0.05) is 13.1 Å². The predicted octanol–water partition coefficient (Wildman–Crippen LogP) is -8.66. The molecular weight excluding hydrogens is 370 g/mol. The summed E-state index contributed by atoms with van der Waals surface area (Å²) in [6.07, 6.45) is 0. The summed E-state index contributed by atoms with van der Waals surface area (Å²) < 4.78 is 0. The Morgan fingerprint density at radius 3 is 0.913 bits per heavy atom. The van der Waals surface area contributed by atoms with E-state index in [4.69, 9.17) is 20.4 Å². The van der Waals surface area contributed by atoms with E-state index in [1.54, 1.807) is 0 Å². The van der Waals surface area contributed by atoms with Crippen LogP contribution in [0.3, 0.4) is 0 Å². The van der Waals surface area contributed by atoms with Crippen molar-refractivity contribution in [2.45, 2.75) is 0 Å². The van der Waals surface area contributed by atoms with Crippen LogP contribution in [0.5, 0.6) is 0 Å². The fraction of sp³-hybridized carbons (Fsp3) is 0.600. The molecule has 0 aromatic heterocycles. The maximum Gasteiger partial charge on any atom is 1.00 e. The fourth-order valence-corrected chi connectivity index (χ4v) is 1.48. The van der Waals surface area contributed by atoms with Crippen LogP contribution in [0, 0.1) is 0 Å². The van der Waals surface area contributed by atoms with Crippen molar-refractivity contribution >= 4 is 23.9 Å². The van der Waals surface area contributed by atoms with Crippen molar-refractivity contribution in [2.75, 3.05) is 39.3 Å². The molecule has 0 amide bonds. The monoisotopic (exact) mass is 390 g/mol. The molecule has 0 spiro atoms. The van der Waals surface area contributed by atoms with Crippen molar-refractivity contribution in [2.24, 2.45) is 0 Å². The molecule has 126 valence electrons. The topological polar surface area (TPSA) is 187 Å². The van der Waals surface area contributed by atoms with E-state index in [0.717, 1.165) is 9.80 Å². The van der Waals surface area contributed by atoms with Gasteiger partial charge in [-0.05, 0) is 0 Å². The third-order valence-electron chi connectivity index (χ3n) is 2.17. The largest absolute Gasteiger partial charge is 1.00 e. The van der Waals surface area contributed by atoms with E-state index in [9.17, 15) is 19.2 Å². The zero-order chi connectivity index (χ0) is 15.7. The van der Waals surface area contributed by atoms with Gasteiger partial charge >= 0.3 is 127 Å². The van der Waals surface area contributed by atoms with E-state index >= 15 is 0 Å². The second-order valence-electron chi connectivity index (χ2n) is 4.00. The first kappa shape index (κ1) is 31.8. The van der Waals surface area contributed by atoms with Gasteiger partial charge in [0.25, 0.3) is 0 Å². The number of hydrogen-bond acceptors (Lipinski definition) is 6. The number of nitrogens with zero attached hydrogens (tertiary/aromatic N) is 2. The summed E-state index contributed by atoms with van der Waals surface area (Å²) in [7, 11) is 0. The Hall–Kier alpha value is 1.03. The minimum atomic E-state index is -1.23. The number of carboxylic acids is 4. The first-order valence-electron chi connectivity index (χ1n) is 5.52. The van der Waals surface area contributed by atoms with E-state index in [2.05, 4.69) is 0 Å². The van der Waals surface area contributed by atoms with Gasteiger partial charge in [-0.15, -0.1) is 0 Å². The molecule has 13 heteroatoms. The molecule has 0 saturated carbocycles. The molecule has 0 aliphatic carbocycles. The molecule has 0 aliphatic heterocycles. The van der Waals surface area contributed by atoms with Crippen molar-refractivity contribution in [3.63, 3.8) is 0 Å². The molecule has 23 heavy (non-hydrogen) atoms. The third kappa shape index (κ3) is 21.0. The summed E-state index contributed by atoms with van der Waals surface area (Å²) in [4.78, 5) is 44.4. The maximum atomic E-state index is 10.6. The number of hydrogen-bond donors (Lipinski definition) is 4. The Bertz CT molecular complexity index is 337. The second kappa shape index (κ2) is 17.8. The first-order valence-corrected chi connectivity index (χ1v) is 5.52. The summed E-state index contributed by atoms with van der Waals surface area (Å²) in [6.45, 7) is -2.25. The van der Waals surface area contributed by atoms with Crippen molar-refractivity contribution in [1.29, 1.82) is 0 Å². The molecule has 0 rings (SSSR count).